The summed E-state index contributed by atoms with van der Waals surface area (Å²) >= 11 is 0. The second kappa shape index (κ2) is 4.39. The van der Waals surface area contributed by atoms with Gasteiger partial charge >= 0.3 is 0 Å². The van der Waals surface area contributed by atoms with Gasteiger partial charge in [0.2, 0.25) is 0 Å². The Morgan fingerprint density at radius 3 is 2.00 bits per heavy atom. The Morgan fingerprint density at radius 1 is 1.17 bits per heavy atom. The van der Waals surface area contributed by atoms with E-state index in [4.69, 9.17) is 0 Å². The molecule has 0 fully saturated rings. The highest BCUT2D eigenvalue weighted by atomic mass is 16.1. The summed E-state index contributed by atoms with van der Waals surface area (Å²) in [6.45, 7) is 7.36. The zero-order chi connectivity index (χ0) is 9.78. The first kappa shape index (κ1) is 11.3. The summed E-state index contributed by atoms with van der Waals surface area (Å²) in [5.41, 5.74) is -0.255. The molecule has 0 bridgehead atoms. The van der Waals surface area contributed by atoms with Gasteiger partial charge in [0, 0.05) is 18.3 Å². The van der Waals surface area contributed by atoms with Gasteiger partial charge in [-0.1, -0.05) is 20.8 Å². The Bertz CT molecular complexity index is 180. The first-order valence-corrected chi connectivity index (χ1v) is 4.43. The lowest BCUT2D eigenvalue weighted by molar-refractivity contribution is -0.129. The highest BCUT2D eigenvalue weighted by molar-refractivity contribution is 5.88. The molecule has 0 rings (SSSR count). The molecule has 0 aromatic heterocycles. The number of carbonyl (C=O) groups excluding carboxylic acids is 2. The molecule has 0 aliphatic carbocycles. The fraction of sp³-hybridized carbons (Fsp3) is 0.800. The highest BCUT2D eigenvalue weighted by Crippen LogP contribution is 2.23. The van der Waals surface area contributed by atoms with Crippen molar-refractivity contribution < 1.29 is 9.59 Å². The molecule has 0 radical (unpaired) electrons. The van der Waals surface area contributed by atoms with Gasteiger partial charge in [-0.05, 0) is 13.3 Å². The van der Waals surface area contributed by atoms with Gasteiger partial charge in [-0.2, -0.15) is 0 Å². The fourth-order valence-electron chi connectivity index (χ4n) is 0.825. The van der Waals surface area contributed by atoms with Crippen LogP contribution in [-0.2, 0) is 9.59 Å². The first-order chi connectivity index (χ1) is 5.40. The van der Waals surface area contributed by atoms with Gasteiger partial charge in [0.1, 0.15) is 11.6 Å². The molecule has 0 aromatic carbocycles. The third-order valence-corrected chi connectivity index (χ3v) is 2.34. The molecule has 0 saturated heterocycles. The second-order valence-corrected chi connectivity index (χ2v) is 3.86. The van der Waals surface area contributed by atoms with Crippen molar-refractivity contribution in [1.29, 1.82) is 0 Å². The van der Waals surface area contributed by atoms with Gasteiger partial charge in [-0.15, -0.1) is 0 Å². The number of ketones is 2. The van der Waals surface area contributed by atoms with Crippen molar-refractivity contribution in [1.82, 2.24) is 0 Å². The van der Waals surface area contributed by atoms with E-state index in [1.807, 2.05) is 20.8 Å². The molecule has 2 nitrogen and oxygen atoms in total. The topological polar surface area (TPSA) is 34.1 Å². The SMILES string of the molecule is CCC(C)(C)C(=O)CCC(C)=O. The molecule has 12 heavy (non-hydrogen) atoms. The average Bonchev–Trinajstić information content (AvgIpc) is 2.00. The summed E-state index contributed by atoms with van der Waals surface area (Å²) in [5.74, 6) is 0.287. The van der Waals surface area contributed by atoms with Crippen LogP contribution in [0.25, 0.3) is 0 Å². The smallest absolute Gasteiger partial charge is 0.138 e. The molecule has 0 aliphatic heterocycles. The number of hydrogen-bond acceptors (Lipinski definition) is 2. The van der Waals surface area contributed by atoms with Crippen molar-refractivity contribution in [2.24, 2.45) is 5.41 Å². The lowest BCUT2D eigenvalue weighted by Gasteiger charge is -2.20. The minimum Gasteiger partial charge on any atom is -0.300 e. The minimum atomic E-state index is -0.255. The van der Waals surface area contributed by atoms with Crippen LogP contribution in [0.1, 0.15) is 47.0 Å². The molecule has 0 spiro atoms. The van der Waals surface area contributed by atoms with E-state index in [2.05, 4.69) is 0 Å². The molecule has 0 saturated carbocycles. The van der Waals surface area contributed by atoms with E-state index in [1.165, 1.54) is 6.92 Å². The zero-order valence-electron chi connectivity index (χ0n) is 8.44. The van der Waals surface area contributed by atoms with E-state index < -0.39 is 0 Å². The lowest BCUT2D eigenvalue weighted by Crippen LogP contribution is -2.23. The standard InChI is InChI=1S/C10H18O2/c1-5-10(3,4)9(12)7-6-8(2)11/h5-7H2,1-4H3. The van der Waals surface area contributed by atoms with Crippen molar-refractivity contribution >= 4 is 11.6 Å². The Morgan fingerprint density at radius 2 is 1.67 bits per heavy atom. The summed E-state index contributed by atoms with van der Waals surface area (Å²) in [6, 6.07) is 0. The summed E-state index contributed by atoms with van der Waals surface area (Å²) in [6.07, 6.45) is 1.63. The molecule has 0 amide bonds. The van der Waals surface area contributed by atoms with Gasteiger partial charge in [-0.25, -0.2) is 0 Å². The molecule has 0 heterocycles. The number of carbonyl (C=O) groups is 2. The van der Waals surface area contributed by atoms with Crippen LogP contribution in [0.4, 0.5) is 0 Å². The Hall–Kier alpha value is -0.660. The molecule has 0 aliphatic rings. The molecule has 0 aromatic rings. The third-order valence-electron chi connectivity index (χ3n) is 2.34. The van der Waals surface area contributed by atoms with Crippen LogP contribution in [0, 0.1) is 5.41 Å². The minimum absolute atomic E-state index is 0.0928. The monoisotopic (exact) mass is 170 g/mol. The van der Waals surface area contributed by atoms with E-state index in [1.54, 1.807) is 0 Å². The summed E-state index contributed by atoms with van der Waals surface area (Å²) in [7, 11) is 0. The zero-order valence-corrected chi connectivity index (χ0v) is 8.44. The van der Waals surface area contributed by atoms with Crippen molar-refractivity contribution in [3.63, 3.8) is 0 Å². The Balaban J connectivity index is 3.96. The second-order valence-electron chi connectivity index (χ2n) is 3.86. The molecule has 70 valence electrons. The van der Waals surface area contributed by atoms with Crippen LogP contribution in [0.2, 0.25) is 0 Å². The molecule has 0 atom stereocenters. The molecule has 0 unspecified atom stereocenters. The maximum Gasteiger partial charge on any atom is 0.138 e. The van der Waals surface area contributed by atoms with E-state index in [-0.39, 0.29) is 17.0 Å². The predicted octanol–water partition coefficient (Wildman–Crippen LogP) is 2.36. The van der Waals surface area contributed by atoms with Crippen LogP contribution >= 0.6 is 0 Å². The Labute approximate surface area is 74.3 Å². The Kier molecular flexibility index (Phi) is 4.15. The molecule has 0 N–H and O–H groups in total. The third kappa shape index (κ3) is 3.65. The van der Waals surface area contributed by atoms with Crippen LogP contribution in [0.5, 0.6) is 0 Å². The van der Waals surface area contributed by atoms with Gasteiger partial charge in [0.15, 0.2) is 0 Å². The van der Waals surface area contributed by atoms with Crippen molar-refractivity contribution in [3.05, 3.63) is 0 Å². The van der Waals surface area contributed by atoms with E-state index in [0.717, 1.165) is 6.42 Å². The normalized spacial score (nSPS) is 11.3. The van der Waals surface area contributed by atoms with E-state index in [0.29, 0.717) is 12.8 Å². The van der Waals surface area contributed by atoms with Crippen LogP contribution < -0.4 is 0 Å². The lowest BCUT2D eigenvalue weighted by atomic mass is 9.83. The van der Waals surface area contributed by atoms with Gasteiger partial charge in [0.25, 0.3) is 0 Å². The van der Waals surface area contributed by atoms with Crippen molar-refractivity contribution in [2.45, 2.75) is 47.0 Å². The number of Topliss-reactive ketones (excluding diaryl/α,β-unsaturated/α-hetero) is 2. The van der Waals surface area contributed by atoms with Crippen molar-refractivity contribution in [3.8, 4) is 0 Å². The molecular weight excluding hydrogens is 152 g/mol. The van der Waals surface area contributed by atoms with Crippen molar-refractivity contribution in [2.75, 3.05) is 0 Å². The van der Waals surface area contributed by atoms with E-state index in [9.17, 15) is 9.59 Å². The maximum absolute atomic E-state index is 11.4. The van der Waals surface area contributed by atoms with E-state index >= 15 is 0 Å². The summed E-state index contributed by atoms with van der Waals surface area (Å²) < 4.78 is 0. The number of hydrogen-bond donors (Lipinski definition) is 0. The molecule has 2 heteroatoms. The predicted molar refractivity (Wildman–Crippen MR) is 49.0 cm³/mol. The number of rotatable bonds is 5. The van der Waals surface area contributed by atoms with Crippen LogP contribution in [0.15, 0.2) is 0 Å². The first-order valence-electron chi connectivity index (χ1n) is 4.43. The van der Waals surface area contributed by atoms with Gasteiger partial charge < -0.3 is 4.79 Å². The fourth-order valence-corrected chi connectivity index (χ4v) is 0.825. The van der Waals surface area contributed by atoms with Gasteiger partial charge in [0.05, 0.1) is 0 Å². The van der Waals surface area contributed by atoms with Crippen LogP contribution in [-0.4, -0.2) is 11.6 Å². The largest absolute Gasteiger partial charge is 0.300 e. The summed E-state index contributed by atoms with van der Waals surface area (Å²) in [4.78, 5) is 22.1. The quantitative estimate of drug-likeness (QED) is 0.634. The van der Waals surface area contributed by atoms with Gasteiger partial charge in [-0.3, -0.25) is 4.79 Å². The van der Waals surface area contributed by atoms with Crippen LogP contribution in [0.3, 0.4) is 0 Å². The molecular formula is C10H18O2. The maximum atomic E-state index is 11.4. The highest BCUT2D eigenvalue weighted by Gasteiger charge is 2.24. The average molecular weight is 170 g/mol. The summed E-state index contributed by atoms with van der Waals surface area (Å²) in [5, 5.41) is 0.